The van der Waals surface area contributed by atoms with Gasteiger partial charge in [-0.1, -0.05) is 0 Å². The minimum absolute atomic E-state index is 0.377. The number of rotatable bonds is 2. The molecule has 1 aliphatic carbocycles. The third-order valence-corrected chi connectivity index (χ3v) is 4.97. The number of anilines is 1. The van der Waals surface area contributed by atoms with E-state index in [2.05, 4.69) is 21.8 Å². The maximum Gasteiger partial charge on any atom is 0.312 e. The van der Waals surface area contributed by atoms with E-state index in [-0.39, 0.29) is 5.92 Å². The molecule has 1 aromatic rings. The number of aryl methyl sites for hydroxylation is 1. The number of carbonyl (C=O) groups is 1. The Kier molecular flexibility index (Phi) is 2.99. The molecule has 98 valence electrons. The van der Waals surface area contributed by atoms with Crippen molar-refractivity contribution in [2.24, 2.45) is 0 Å². The van der Waals surface area contributed by atoms with Crippen molar-refractivity contribution in [1.29, 1.82) is 0 Å². The molecule has 1 atom stereocenters. The lowest BCUT2D eigenvalue weighted by atomic mass is 10.1. The summed E-state index contributed by atoms with van der Waals surface area (Å²) in [7, 11) is 2.12. The molecule has 3 rings (SSSR count). The van der Waals surface area contributed by atoms with E-state index in [1.54, 1.807) is 11.3 Å². The molecule has 0 bridgehead atoms. The van der Waals surface area contributed by atoms with Crippen LogP contribution in [0, 0.1) is 0 Å². The molecule has 0 spiro atoms. The van der Waals surface area contributed by atoms with Gasteiger partial charge in [-0.25, -0.2) is 4.98 Å². The summed E-state index contributed by atoms with van der Waals surface area (Å²) in [5.41, 5.74) is 0.821. The van der Waals surface area contributed by atoms with Gasteiger partial charge in [0.15, 0.2) is 5.13 Å². The van der Waals surface area contributed by atoms with Gasteiger partial charge in [0.1, 0.15) is 5.92 Å². The molecule has 1 unspecified atom stereocenters. The molecule has 1 fully saturated rings. The number of nitrogens with zero attached hydrogens (tertiary/aromatic N) is 3. The zero-order valence-electron chi connectivity index (χ0n) is 10.4. The second-order valence-electron chi connectivity index (χ2n) is 5.02. The van der Waals surface area contributed by atoms with Crippen molar-refractivity contribution in [2.75, 3.05) is 38.1 Å². The molecule has 1 N–H and O–H groups in total. The third kappa shape index (κ3) is 1.99. The highest BCUT2D eigenvalue weighted by molar-refractivity contribution is 7.15. The topological polar surface area (TPSA) is 56.7 Å². The fourth-order valence-electron chi connectivity index (χ4n) is 2.59. The Bertz CT molecular complexity index is 466. The molecule has 2 aliphatic rings. The van der Waals surface area contributed by atoms with Crippen molar-refractivity contribution in [2.45, 2.75) is 18.8 Å². The van der Waals surface area contributed by atoms with Crippen molar-refractivity contribution in [3.05, 3.63) is 10.6 Å². The summed E-state index contributed by atoms with van der Waals surface area (Å²) < 4.78 is 0. The first-order valence-corrected chi connectivity index (χ1v) is 7.12. The highest BCUT2D eigenvalue weighted by atomic mass is 32.1. The smallest absolute Gasteiger partial charge is 0.312 e. The standard InChI is InChI=1S/C12H17N3O2S/c1-14-4-6-15(7-5-14)12-13-10-8(11(16)17)2-3-9(10)18-12/h8H,2-7H2,1H3,(H,16,17). The van der Waals surface area contributed by atoms with E-state index in [0.29, 0.717) is 6.42 Å². The lowest BCUT2D eigenvalue weighted by Crippen LogP contribution is -2.44. The molecule has 2 heterocycles. The first kappa shape index (κ1) is 11.9. The molecule has 18 heavy (non-hydrogen) atoms. The van der Waals surface area contributed by atoms with E-state index < -0.39 is 5.97 Å². The first-order chi connectivity index (χ1) is 8.65. The van der Waals surface area contributed by atoms with Gasteiger partial charge in [-0.05, 0) is 19.9 Å². The van der Waals surface area contributed by atoms with Crippen molar-refractivity contribution in [1.82, 2.24) is 9.88 Å². The van der Waals surface area contributed by atoms with Crippen LogP contribution in [0.1, 0.15) is 22.9 Å². The number of likely N-dealkylation sites (N-methyl/N-ethyl adjacent to an activating group) is 1. The van der Waals surface area contributed by atoms with Crippen molar-refractivity contribution in [3.63, 3.8) is 0 Å². The Morgan fingerprint density at radius 3 is 2.78 bits per heavy atom. The minimum Gasteiger partial charge on any atom is -0.481 e. The van der Waals surface area contributed by atoms with E-state index in [4.69, 9.17) is 5.11 Å². The first-order valence-electron chi connectivity index (χ1n) is 6.31. The van der Waals surface area contributed by atoms with E-state index >= 15 is 0 Å². The van der Waals surface area contributed by atoms with Crippen molar-refractivity contribution >= 4 is 22.4 Å². The van der Waals surface area contributed by atoms with Gasteiger partial charge in [-0.3, -0.25) is 4.79 Å². The summed E-state index contributed by atoms with van der Waals surface area (Å²) >= 11 is 1.68. The van der Waals surface area contributed by atoms with Gasteiger partial charge in [0.05, 0.1) is 5.69 Å². The highest BCUT2D eigenvalue weighted by Crippen LogP contribution is 2.39. The van der Waals surface area contributed by atoms with Crippen LogP contribution in [0.5, 0.6) is 0 Å². The van der Waals surface area contributed by atoms with Gasteiger partial charge in [-0.15, -0.1) is 11.3 Å². The van der Waals surface area contributed by atoms with E-state index in [0.717, 1.165) is 43.4 Å². The predicted molar refractivity (Wildman–Crippen MR) is 70.5 cm³/mol. The minimum atomic E-state index is -0.732. The number of carboxylic acid groups (broad SMARTS) is 1. The van der Waals surface area contributed by atoms with Gasteiger partial charge >= 0.3 is 5.97 Å². The number of hydrogen-bond acceptors (Lipinski definition) is 5. The second-order valence-corrected chi connectivity index (χ2v) is 6.09. The maximum absolute atomic E-state index is 11.1. The fourth-order valence-corrected chi connectivity index (χ4v) is 3.78. The molecule has 0 aromatic carbocycles. The van der Waals surface area contributed by atoms with E-state index in [9.17, 15) is 4.79 Å². The fraction of sp³-hybridized carbons (Fsp3) is 0.667. The molecule has 0 radical (unpaired) electrons. The Hall–Kier alpha value is -1.14. The average molecular weight is 267 g/mol. The summed E-state index contributed by atoms with van der Waals surface area (Å²) in [5.74, 6) is -1.11. The van der Waals surface area contributed by atoms with Crippen LogP contribution < -0.4 is 4.90 Å². The number of piperazine rings is 1. The summed E-state index contributed by atoms with van der Waals surface area (Å²) in [6.45, 7) is 4.07. The number of aliphatic carboxylic acids is 1. The van der Waals surface area contributed by atoms with Crippen molar-refractivity contribution < 1.29 is 9.90 Å². The zero-order valence-corrected chi connectivity index (χ0v) is 11.2. The largest absolute Gasteiger partial charge is 0.481 e. The third-order valence-electron chi connectivity index (χ3n) is 3.78. The van der Waals surface area contributed by atoms with Gasteiger partial charge in [0.2, 0.25) is 0 Å². The number of hydrogen-bond donors (Lipinski definition) is 1. The van der Waals surface area contributed by atoms with Crippen LogP contribution in [0.4, 0.5) is 5.13 Å². The summed E-state index contributed by atoms with van der Waals surface area (Å²) in [5, 5.41) is 10.2. The quantitative estimate of drug-likeness (QED) is 0.866. The number of thiazole rings is 1. The van der Waals surface area contributed by atoms with Crippen LogP contribution in [0.3, 0.4) is 0 Å². The number of fused-ring (bicyclic) bond motifs is 1. The average Bonchev–Trinajstić information content (AvgIpc) is 2.88. The maximum atomic E-state index is 11.1. The number of carboxylic acids is 1. The zero-order chi connectivity index (χ0) is 12.7. The highest BCUT2D eigenvalue weighted by Gasteiger charge is 2.33. The second kappa shape index (κ2) is 4.51. The van der Waals surface area contributed by atoms with Crippen LogP contribution in [0.25, 0.3) is 0 Å². The Labute approximate surface area is 110 Å². The Balaban J connectivity index is 1.80. The lowest BCUT2D eigenvalue weighted by Gasteiger charge is -2.32. The summed E-state index contributed by atoms with van der Waals surface area (Å²) in [6, 6.07) is 0. The molecule has 1 aromatic heterocycles. The van der Waals surface area contributed by atoms with Crippen LogP contribution in [0.2, 0.25) is 0 Å². The van der Waals surface area contributed by atoms with Gasteiger partial charge in [-0.2, -0.15) is 0 Å². The molecule has 1 aliphatic heterocycles. The molecule has 6 heteroatoms. The number of aromatic nitrogens is 1. The summed E-state index contributed by atoms with van der Waals surface area (Å²) in [4.78, 5) is 21.5. The van der Waals surface area contributed by atoms with Crippen LogP contribution >= 0.6 is 11.3 Å². The molecular formula is C12H17N3O2S. The van der Waals surface area contributed by atoms with E-state index in [1.165, 1.54) is 4.88 Å². The normalized spacial score (nSPS) is 24.3. The predicted octanol–water partition coefficient (Wildman–Crippen LogP) is 1.01. The van der Waals surface area contributed by atoms with Crippen LogP contribution in [-0.4, -0.2) is 54.2 Å². The van der Waals surface area contributed by atoms with Gasteiger partial charge in [0.25, 0.3) is 0 Å². The van der Waals surface area contributed by atoms with E-state index in [1.807, 2.05) is 0 Å². The SMILES string of the molecule is CN1CCN(c2nc3c(s2)CCC3C(=O)O)CC1. The Morgan fingerprint density at radius 2 is 2.11 bits per heavy atom. The van der Waals surface area contributed by atoms with Crippen molar-refractivity contribution in [3.8, 4) is 0 Å². The molecule has 0 saturated carbocycles. The van der Waals surface area contributed by atoms with Crippen LogP contribution in [0.15, 0.2) is 0 Å². The van der Waals surface area contributed by atoms with Gasteiger partial charge in [0, 0.05) is 31.1 Å². The van der Waals surface area contributed by atoms with Crippen LogP contribution in [-0.2, 0) is 11.2 Å². The monoisotopic (exact) mass is 267 g/mol. The molecule has 1 saturated heterocycles. The summed E-state index contributed by atoms with van der Waals surface area (Å²) in [6.07, 6.45) is 1.59. The lowest BCUT2D eigenvalue weighted by molar-refractivity contribution is -0.138. The Morgan fingerprint density at radius 1 is 1.39 bits per heavy atom. The molecule has 0 amide bonds. The van der Waals surface area contributed by atoms with Gasteiger partial charge < -0.3 is 14.9 Å². The molecular weight excluding hydrogens is 250 g/mol. The molecule has 5 nitrogen and oxygen atoms in total.